The fourth-order valence-corrected chi connectivity index (χ4v) is 3.12. The predicted molar refractivity (Wildman–Crippen MR) is 89.4 cm³/mol. The zero-order chi connectivity index (χ0) is 15.6. The summed E-state index contributed by atoms with van der Waals surface area (Å²) in [5.41, 5.74) is 4.60. The van der Waals surface area contributed by atoms with Crippen molar-refractivity contribution in [3.8, 4) is 11.1 Å². The molecule has 4 rings (SSSR count). The van der Waals surface area contributed by atoms with E-state index in [1.54, 1.807) is 0 Å². The number of hydrogen-bond donors (Lipinski definition) is 0. The van der Waals surface area contributed by atoms with E-state index < -0.39 is 0 Å². The van der Waals surface area contributed by atoms with Crippen molar-refractivity contribution >= 4 is 5.78 Å². The summed E-state index contributed by atoms with van der Waals surface area (Å²) in [6.45, 7) is 1.92. The standard InChI is InChI=1S/C20H17NO2/c22-20(16-9-5-2-6-10-16)19-18(15-7-3-1-4-8-15)13-17-14-23-12-11-21(17)19/h1-10,13H,11-12,14H2. The first kappa shape index (κ1) is 14.0. The molecule has 0 radical (unpaired) electrons. The summed E-state index contributed by atoms with van der Waals surface area (Å²) >= 11 is 0. The largest absolute Gasteiger partial charge is 0.373 e. The van der Waals surface area contributed by atoms with E-state index in [0.29, 0.717) is 13.2 Å². The van der Waals surface area contributed by atoms with Crippen LogP contribution in [-0.4, -0.2) is 17.0 Å². The predicted octanol–water partition coefficient (Wildman–Crippen LogP) is 3.92. The van der Waals surface area contributed by atoms with Crippen molar-refractivity contribution in [3.63, 3.8) is 0 Å². The van der Waals surface area contributed by atoms with Gasteiger partial charge < -0.3 is 9.30 Å². The third kappa shape index (κ3) is 2.49. The Bertz CT molecular complexity index is 835. The number of rotatable bonds is 3. The van der Waals surface area contributed by atoms with Gasteiger partial charge in [-0.15, -0.1) is 0 Å². The van der Waals surface area contributed by atoms with Crippen molar-refractivity contribution in [3.05, 3.63) is 83.7 Å². The molecule has 1 aliphatic heterocycles. The number of ether oxygens (including phenoxy) is 1. The van der Waals surface area contributed by atoms with Crippen LogP contribution in [0.1, 0.15) is 21.7 Å². The Morgan fingerprint density at radius 3 is 2.39 bits per heavy atom. The molecule has 23 heavy (non-hydrogen) atoms. The second-order valence-corrected chi connectivity index (χ2v) is 5.66. The van der Waals surface area contributed by atoms with Crippen LogP contribution in [0.4, 0.5) is 0 Å². The van der Waals surface area contributed by atoms with E-state index in [4.69, 9.17) is 4.74 Å². The maximum Gasteiger partial charge on any atom is 0.210 e. The average molecular weight is 303 g/mol. The first-order valence-electron chi connectivity index (χ1n) is 7.80. The van der Waals surface area contributed by atoms with Crippen LogP contribution in [0.5, 0.6) is 0 Å². The summed E-state index contributed by atoms with van der Waals surface area (Å²) in [4.78, 5) is 13.1. The lowest BCUT2D eigenvalue weighted by atomic mass is 10.0. The fourth-order valence-electron chi connectivity index (χ4n) is 3.12. The van der Waals surface area contributed by atoms with Crippen molar-refractivity contribution in [2.45, 2.75) is 13.2 Å². The Balaban J connectivity index is 1.90. The van der Waals surface area contributed by atoms with Gasteiger partial charge in [-0.25, -0.2) is 0 Å². The SMILES string of the molecule is O=C(c1ccccc1)c1c(-c2ccccc2)cc2n1CCOC2. The van der Waals surface area contributed by atoms with Gasteiger partial charge in [0.1, 0.15) is 0 Å². The maximum absolute atomic E-state index is 13.1. The molecule has 0 atom stereocenters. The zero-order valence-corrected chi connectivity index (χ0v) is 12.7. The fraction of sp³-hybridized carbons (Fsp3) is 0.150. The number of benzene rings is 2. The first-order chi connectivity index (χ1) is 11.3. The van der Waals surface area contributed by atoms with Crippen molar-refractivity contribution in [2.24, 2.45) is 0 Å². The van der Waals surface area contributed by atoms with Gasteiger partial charge in [0.15, 0.2) is 0 Å². The quantitative estimate of drug-likeness (QED) is 0.687. The molecule has 0 N–H and O–H groups in total. The molecule has 2 aromatic carbocycles. The van der Waals surface area contributed by atoms with Gasteiger partial charge in [0, 0.05) is 23.4 Å². The second kappa shape index (κ2) is 5.86. The Morgan fingerprint density at radius 2 is 1.65 bits per heavy atom. The molecule has 3 nitrogen and oxygen atoms in total. The van der Waals surface area contributed by atoms with Crippen LogP contribution >= 0.6 is 0 Å². The topological polar surface area (TPSA) is 31.2 Å². The van der Waals surface area contributed by atoms with Gasteiger partial charge >= 0.3 is 0 Å². The van der Waals surface area contributed by atoms with Crippen LogP contribution < -0.4 is 0 Å². The van der Waals surface area contributed by atoms with Gasteiger partial charge in [-0.2, -0.15) is 0 Å². The second-order valence-electron chi connectivity index (χ2n) is 5.66. The summed E-state index contributed by atoms with van der Waals surface area (Å²) < 4.78 is 7.67. The molecule has 114 valence electrons. The molecule has 0 unspecified atom stereocenters. The lowest BCUT2D eigenvalue weighted by Crippen LogP contribution is -2.20. The van der Waals surface area contributed by atoms with Gasteiger partial charge in [0.2, 0.25) is 5.78 Å². The third-order valence-electron chi connectivity index (χ3n) is 4.23. The number of fused-ring (bicyclic) bond motifs is 1. The molecule has 0 amide bonds. The van der Waals surface area contributed by atoms with Gasteiger partial charge in [0.25, 0.3) is 0 Å². The van der Waals surface area contributed by atoms with Crippen LogP contribution in [0.2, 0.25) is 0 Å². The van der Waals surface area contributed by atoms with Gasteiger partial charge in [0.05, 0.1) is 18.9 Å². The van der Waals surface area contributed by atoms with Gasteiger partial charge in [-0.05, 0) is 11.6 Å². The Kier molecular flexibility index (Phi) is 3.56. The summed E-state index contributed by atoms with van der Waals surface area (Å²) in [5.74, 6) is 0.0672. The molecular weight excluding hydrogens is 286 g/mol. The molecule has 1 aliphatic rings. The van der Waals surface area contributed by atoms with Gasteiger partial charge in [-0.1, -0.05) is 60.7 Å². The van der Waals surface area contributed by atoms with Gasteiger partial charge in [-0.3, -0.25) is 4.79 Å². The van der Waals surface area contributed by atoms with E-state index >= 15 is 0 Å². The van der Waals surface area contributed by atoms with Crippen LogP contribution in [0.25, 0.3) is 11.1 Å². The minimum Gasteiger partial charge on any atom is -0.373 e. The van der Waals surface area contributed by atoms with Crippen molar-refractivity contribution < 1.29 is 9.53 Å². The molecule has 0 fully saturated rings. The molecule has 0 spiro atoms. The number of carbonyl (C=O) groups is 1. The zero-order valence-electron chi connectivity index (χ0n) is 12.7. The molecule has 0 aliphatic carbocycles. The molecule has 0 saturated heterocycles. The average Bonchev–Trinajstić information content (AvgIpc) is 3.02. The van der Waals surface area contributed by atoms with Crippen LogP contribution in [0.15, 0.2) is 66.7 Å². The molecule has 3 aromatic rings. The van der Waals surface area contributed by atoms with E-state index in [1.165, 1.54) is 0 Å². The monoisotopic (exact) mass is 303 g/mol. The normalized spacial score (nSPS) is 13.6. The number of hydrogen-bond acceptors (Lipinski definition) is 2. The van der Waals surface area contributed by atoms with E-state index in [1.807, 2.05) is 60.7 Å². The van der Waals surface area contributed by atoms with Crippen molar-refractivity contribution in [1.29, 1.82) is 0 Å². The third-order valence-corrected chi connectivity index (χ3v) is 4.23. The highest BCUT2D eigenvalue weighted by molar-refractivity contribution is 6.12. The van der Waals surface area contributed by atoms with E-state index in [0.717, 1.165) is 34.6 Å². The Labute approximate surface area is 135 Å². The summed E-state index contributed by atoms with van der Waals surface area (Å²) in [5, 5.41) is 0. The lowest BCUT2D eigenvalue weighted by molar-refractivity contribution is 0.0822. The smallest absolute Gasteiger partial charge is 0.210 e. The Hall–Kier alpha value is -2.65. The number of ketones is 1. The summed E-state index contributed by atoms with van der Waals surface area (Å²) in [7, 11) is 0. The Morgan fingerprint density at radius 1 is 0.957 bits per heavy atom. The van der Waals surface area contributed by atoms with E-state index in [2.05, 4.69) is 10.6 Å². The minimum absolute atomic E-state index is 0.0672. The number of aromatic nitrogens is 1. The van der Waals surface area contributed by atoms with Crippen molar-refractivity contribution in [2.75, 3.05) is 6.61 Å². The number of carbonyl (C=O) groups excluding carboxylic acids is 1. The highest BCUT2D eigenvalue weighted by atomic mass is 16.5. The van der Waals surface area contributed by atoms with Crippen LogP contribution in [-0.2, 0) is 17.9 Å². The highest BCUT2D eigenvalue weighted by Crippen LogP contribution is 2.31. The first-order valence-corrected chi connectivity index (χ1v) is 7.80. The molecule has 0 bridgehead atoms. The molecule has 3 heteroatoms. The van der Waals surface area contributed by atoms with Crippen molar-refractivity contribution in [1.82, 2.24) is 4.57 Å². The molecular formula is C20H17NO2. The summed E-state index contributed by atoms with van der Waals surface area (Å²) in [6.07, 6.45) is 0. The minimum atomic E-state index is 0.0672. The summed E-state index contributed by atoms with van der Waals surface area (Å²) in [6, 6.07) is 21.6. The maximum atomic E-state index is 13.1. The highest BCUT2D eigenvalue weighted by Gasteiger charge is 2.24. The van der Waals surface area contributed by atoms with Crippen LogP contribution in [0.3, 0.4) is 0 Å². The molecule has 0 saturated carbocycles. The van der Waals surface area contributed by atoms with E-state index in [-0.39, 0.29) is 5.78 Å². The molecule has 2 heterocycles. The van der Waals surface area contributed by atoms with Crippen LogP contribution in [0, 0.1) is 0 Å². The number of nitrogens with zero attached hydrogens (tertiary/aromatic N) is 1. The lowest BCUT2D eigenvalue weighted by Gasteiger charge is -2.18. The molecule has 1 aromatic heterocycles. The van der Waals surface area contributed by atoms with E-state index in [9.17, 15) is 4.79 Å².